The molecule has 4 aromatic rings. The average Bonchev–Trinajstić information content (AvgIpc) is 2.97. The van der Waals surface area contributed by atoms with E-state index in [4.69, 9.17) is 11.6 Å². The van der Waals surface area contributed by atoms with E-state index in [0.717, 1.165) is 32.3 Å². The molecule has 23 heavy (non-hydrogen) atoms. The van der Waals surface area contributed by atoms with Gasteiger partial charge >= 0.3 is 0 Å². The van der Waals surface area contributed by atoms with Gasteiger partial charge in [-0.3, -0.25) is 4.98 Å². The smallest absolute Gasteiger partial charge is 0.171 e. The number of pyridine rings is 1. The highest BCUT2D eigenvalue weighted by Gasteiger charge is 2.10. The molecule has 1 N–H and O–H groups in total. The summed E-state index contributed by atoms with van der Waals surface area (Å²) in [4.78, 5) is 13.5. The Hall–Kier alpha value is -2.30. The molecule has 0 aliphatic heterocycles. The number of benzene rings is 2. The first-order valence-corrected chi connectivity index (χ1v) is 8.32. The molecular weight excluding hydrogens is 326 g/mol. The third kappa shape index (κ3) is 2.96. The van der Waals surface area contributed by atoms with Crippen LogP contribution >= 0.6 is 23.4 Å². The molecule has 0 fully saturated rings. The maximum atomic E-state index is 6.03. The van der Waals surface area contributed by atoms with Gasteiger partial charge < -0.3 is 4.98 Å². The summed E-state index contributed by atoms with van der Waals surface area (Å²) in [6.07, 6.45) is 1.81. The maximum Gasteiger partial charge on any atom is 0.171 e. The Balaban J connectivity index is 1.73. The van der Waals surface area contributed by atoms with E-state index in [1.54, 1.807) is 18.0 Å². The molecular formula is C18H12ClN3S. The quantitative estimate of drug-likeness (QED) is 0.542. The molecule has 112 valence electrons. The highest BCUT2D eigenvalue weighted by atomic mass is 35.5. The molecule has 0 unspecified atom stereocenters. The van der Waals surface area contributed by atoms with Crippen LogP contribution in [0.25, 0.3) is 22.3 Å². The van der Waals surface area contributed by atoms with E-state index in [1.165, 1.54) is 0 Å². The van der Waals surface area contributed by atoms with Gasteiger partial charge in [-0.2, -0.15) is 0 Å². The van der Waals surface area contributed by atoms with Gasteiger partial charge in [0.2, 0.25) is 0 Å². The zero-order valence-corrected chi connectivity index (χ0v) is 13.6. The predicted octanol–water partition coefficient (Wildman–Crippen LogP) is 5.43. The molecule has 3 nitrogen and oxygen atoms in total. The Bertz CT molecular complexity index is 966. The SMILES string of the molecule is Clc1ccc2nc(Sc3ccccc3-c3ccccn3)[nH]c2c1. The number of H-pyrrole nitrogens is 1. The summed E-state index contributed by atoms with van der Waals surface area (Å²) in [5, 5.41) is 1.54. The van der Waals surface area contributed by atoms with Crippen LogP contribution in [0.5, 0.6) is 0 Å². The molecule has 2 heterocycles. The van der Waals surface area contributed by atoms with Gasteiger partial charge in [0.15, 0.2) is 5.16 Å². The number of nitrogens with zero attached hydrogens (tertiary/aromatic N) is 2. The number of halogens is 1. The van der Waals surface area contributed by atoms with Crippen LogP contribution in [0.2, 0.25) is 5.02 Å². The number of imidazole rings is 1. The summed E-state index contributed by atoms with van der Waals surface area (Å²) >= 11 is 7.62. The topological polar surface area (TPSA) is 41.6 Å². The minimum Gasteiger partial charge on any atom is -0.333 e. The Kier molecular flexibility index (Phi) is 3.77. The fourth-order valence-corrected chi connectivity index (χ4v) is 3.51. The molecule has 4 rings (SSSR count). The van der Waals surface area contributed by atoms with Crippen LogP contribution in [-0.4, -0.2) is 15.0 Å². The molecule has 0 atom stereocenters. The lowest BCUT2D eigenvalue weighted by Crippen LogP contribution is -1.86. The van der Waals surface area contributed by atoms with Gasteiger partial charge in [-0.15, -0.1) is 0 Å². The van der Waals surface area contributed by atoms with E-state index >= 15 is 0 Å². The number of hydrogen-bond acceptors (Lipinski definition) is 3. The molecule has 2 aromatic heterocycles. The van der Waals surface area contributed by atoms with Crippen molar-refractivity contribution in [3.8, 4) is 11.3 Å². The minimum atomic E-state index is 0.701. The van der Waals surface area contributed by atoms with Crippen molar-refractivity contribution in [1.82, 2.24) is 15.0 Å². The zero-order valence-electron chi connectivity index (χ0n) is 12.0. The Morgan fingerprint density at radius 3 is 2.70 bits per heavy atom. The third-order valence-corrected chi connectivity index (χ3v) is 4.65. The van der Waals surface area contributed by atoms with E-state index in [9.17, 15) is 0 Å². The standard InChI is InChI=1S/C18H12ClN3S/c19-12-8-9-15-16(11-12)22-18(21-15)23-17-7-2-1-5-13(17)14-6-3-4-10-20-14/h1-11H,(H,21,22). The molecule has 0 amide bonds. The van der Waals surface area contributed by atoms with Crippen molar-refractivity contribution >= 4 is 34.4 Å². The van der Waals surface area contributed by atoms with Gasteiger partial charge in [-0.05, 0) is 36.4 Å². The molecule has 5 heteroatoms. The first kappa shape index (κ1) is 14.3. The first-order chi connectivity index (χ1) is 11.3. The van der Waals surface area contributed by atoms with Crippen molar-refractivity contribution < 1.29 is 0 Å². The van der Waals surface area contributed by atoms with Crippen molar-refractivity contribution in [2.45, 2.75) is 10.1 Å². The van der Waals surface area contributed by atoms with E-state index in [0.29, 0.717) is 5.02 Å². The Morgan fingerprint density at radius 1 is 0.957 bits per heavy atom. The largest absolute Gasteiger partial charge is 0.333 e. The Morgan fingerprint density at radius 2 is 1.83 bits per heavy atom. The number of aromatic nitrogens is 3. The monoisotopic (exact) mass is 337 g/mol. The van der Waals surface area contributed by atoms with Crippen molar-refractivity contribution in [1.29, 1.82) is 0 Å². The van der Waals surface area contributed by atoms with Crippen molar-refractivity contribution in [3.63, 3.8) is 0 Å². The second-order valence-electron chi connectivity index (χ2n) is 5.02. The van der Waals surface area contributed by atoms with Gasteiger partial charge in [0.25, 0.3) is 0 Å². The fourth-order valence-electron chi connectivity index (χ4n) is 2.40. The molecule has 0 bridgehead atoms. The van der Waals surface area contributed by atoms with E-state index in [2.05, 4.69) is 27.1 Å². The van der Waals surface area contributed by atoms with Crippen LogP contribution in [0.4, 0.5) is 0 Å². The second-order valence-corrected chi connectivity index (χ2v) is 6.48. The van der Waals surface area contributed by atoms with Gasteiger partial charge in [0, 0.05) is 21.7 Å². The van der Waals surface area contributed by atoms with Crippen LogP contribution in [0.15, 0.2) is 76.9 Å². The molecule has 0 spiro atoms. The second kappa shape index (κ2) is 6.07. The highest BCUT2D eigenvalue weighted by Crippen LogP contribution is 2.34. The first-order valence-electron chi connectivity index (χ1n) is 7.13. The number of aromatic amines is 1. The van der Waals surface area contributed by atoms with Crippen molar-refractivity contribution in [3.05, 3.63) is 71.9 Å². The molecule has 0 aliphatic carbocycles. The van der Waals surface area contributed by atoms with E-state index in [-0.39, 0.29) is 0 Å². The lowest BCUT2D eigenvalue weighted by molar-refractivity contribution is 1.08. The van der Waals surface area contributed by atoms with Crippen LogP contribution in [-0.2, 0) is 0 Å². The minimum absolute atomic E-state index is 0.701. The average molecular weight is 338 g/mol. The summed E-state index contributed by atoms with van der Waals surface area (Å²) in [5.41, 5.74) is 3.90. The number of nitrogens with one attached hydrogen (secondary N) is 1. The van der Waals surface area contributed by atoms with E-state index < -0.39 is 0 Å². The van der Waals surface area contributed by atoms with Crippen molar-refractivity contribution in [2.24, 2.45) is 0 Å². The van der Waals surface area contributed by atoms with Crippen molar-refractivity contribution in [2.75, 3.05) is 0 Å². The number of fused-ring (bicyclic) bond motifs is 1. The van der Waals surface area contributed by atoms with Crippen LogP contribution in [0, 0.1) is 0 Å². The number of rotatable bonds is 3. The molecule has 2 aromatic carbocycles. The fraction of sp³-hybridized carbons (Fsp3) is 0. The maximum absolute atomic E-state index is 6.03. The summed E-state index contributed by atoms with van der Waals surface area (Å²) in [5.74, 6) is 0. The van der Waals surface area contributed by atoms with Gasteiger partial charge in [0.05, 0.1) is 16.7 Å². The molecule has 0 aliphatic rings. The van der Waals surface area contributed by atoms with Gasteiger partial charge in [0.1, 0.15) is 0 Å². The lowest BCUT2D eigenvalue weighted by atomic mass is 10.1. The third-order valence-electron chi connectivity index (χ3n) is 3.46. The summed E-state index contributed by atoms with van der Waals surface area (Å²) < 4.78 is 0. The molecule has 0 saturated heterocycles. The molecule has 0 radical (unpaired) electrons. The van der Waals surface area contributed by atoms with Gasteiger partial charge in [-0.25, -0.2) is 4.98 Å². The van der Waals surface area contributed by atoms with E-state index in [1.807, 2.05) is 48.5 Å². The number of hydrogen-bond donors (Lipinski definition) is 1. The highest BCUT2D eigenvalue weighted by molar-refractivity contribution is 7.99. The van der Waals surface area contributed by atoms with Crippen LogP contribution < -0.4 is 0 Å². The normalized spacial score (nSPS) is 11.0. The summed E-state index contributed by atoms with van der Waals surface area (Å²) in [6, 6.07) is 19.8. The summed E-state index contributed by atoms with van der Waals surface area (Å²) in [6.45, 7) is 0. The summed E-state index contributed by atoms with van der Waals surface area (Å²) in [7, 11) is 0. The predicted molar refractivity (Wildman–Crippen MR) is 94.9 cm³/mol. The Labute approximate surface area is 142 Å². The van der Waals surface area contributed by atoms with Gasteiger partial charge in [-0.1, -0.05) is 47.6 Å². The van der Waals surface area contributed by atoms with Crippen LogP contribution in [0.1, 0.15) is 0 Å². The molecule has 0 saturated carbocycles. The lowest BCUT2D eigenvalue weighted by Gasteiger charge is -2.06. The zero-order chi connectivity index (χ0) is 15.6. The van der Waals surface area contributed by atoms with Crippen LogP contribution in [0.3, 0.4) is 0 Å².